The highest BCUT2D eigenvalue weighted by Gasteiger charge is 2.35. The van der Waals surface area contributed by atoms with Crippen molar-refractivity contribution in [1.82, 2.24) is 4.90 Å². The molecule has 7 heteroatoms. The molecule has 1 fully saturated rings. The van der Waals surface area contributed by atoms with Gasteiger partial charge in [-0.05, 0) is 60.2 Å². The number of hydrogen-bond donors (Lipinski definition) is 1. The van der Waals surface area contributed by atoms with Gasteiger partial charge >= 0.3 is 0 Å². The fraction of sp³-hybridized carbons (Fsp3) is 0.158. The van der Waals surface area contributed by atoms with Crippen molar-refractivity contribution in [3.8, 4) is 11.5 Å². The fourth-order valence-electron chi connectivity index (χ4n) is 2.45. The van der Waals surface area contributed by atoms with Gasteiger partial charge in [0, 0.05) is 0 Å². The molecule has 0 aliphatic carbocycles. The van der Waals surface area contributed by atoms with Crippen LogP contribution in [0.1, 0.15) is 18.1 Å². The predicted octanol–water partition coefficient (Wildman–Crippen LogP) is 4.17. The molecule has 1 heterocycles. The van der Waals surface area contributed by atoms with Gasteiger partial charge in [0.05, 0.1) is 18.1 Å². The molecule has 0 unspecified atom stereocenters. The van der Waals surface area contributed by atoms with Gasteiger partial charge in [-0.25, -0.2) is 4.39 Å². The molecule has 0 saturated carbocycles. The third-order valence-electron chi connectivity index (χ3n) is 3.71. The molecule has 2 aromatic rings. The predicted molar refractivity (Wildman–Crippen MR) is 97.2 cm³/mol. The van der Waals surface area contributed by atoms with Crippen molar-refractivity contribution in [2.24, 2.45) is 0 Å². The molecule has 26 heavy (non-hydrogen) atoms. The molecule has 1 N–H and O–H groups in total. The molecule has 1 saturated heterocycles. The Morgan fingerprint density at radius 1 is 1.19 bits per heavy atom. The Balaban J connectivity index is 1.80. The molecule has 0 aromatic heterocycles. The summed E-state index contributed by atoms with van der Waals surface area (Å²) >= 11 is 0.844. The second-order valence-corrected chi connectivity index (χ2v) is 6.55. The molecule has 2 aromatic carbocycles. The first-order valence-corrected chi connectivity index (χ1v) is 8.75. The van der Waals surface area contributed by atoms with E-state index < -0.39 is 5.91 Å². The summed E-state index contributed by atoms with van der Waals surface area (Å²) in [7, 11) is 0. The van der Waals surface area contributed by atoms with Crippen LogP contribution in [0.25, 0.3) is 6.08 Å². The van der Waals surface area contributed by atoms with Gasteiger partial charge in [0.1, 0.15) is 5.82 Å². The summed E-state index contributed by atoms with van der Waals surface area (Å²) in [5.74, 6) is -0.462. The maximum absolute atomic E-state index is 13.0. The van der Waals surface area contributed by atoms with Crippen LogP contribution in [0.3, 0.4) is 0 Å². The Morgan fingerprint density at radius 2 is 1.92 bits per heavy atom. The average molecular weight is 373 g/mol. The number of ether oxygens (including phenoxy) is 1. The minimum absolute atomic E-state index is 0.00779. The van der Waals surface area contributed by atoms with Crippen LogP contribution in [0.15, 0.2) is 47.4 Å². The average Bonchev–Trinajstić information content (AvgIpc) is 2.87. The second-order valence-electron chi connectivity index (χ2n) is 5.55. The molecular formula is C19H16FNO4S. The number of aromatic hydroxyl groups is 1. The quantitative estimate of drug-likeness (QED) is 0.797. The van der Waals surface area contributed by atoms with E-state index in [0.717, 1.165) is 16.7 Å². The van der Waals surface area contributed by atoms with Gasteiger partial charge in [0.25, 0.3) is 11.1 Å². The van der Waals surface area contributed by atoms with Crippen LogP contribution in [-0.2, 0) is 11.3 Å². The van der Waals surface area contributed by atoms with Crippen LogP contribution in [0.5, 0.6) is 11.5 Å². The first kappa shape index (κ1) is 18.0. The van der Waals surface area contributed by atoms with E-state index in [2.05, 4.69) is 0 Å². The van der Waals surface area contributed by atoms with Crippen LogP contribution in [-0.4, -0.2) is 27.8 Å². The summed E-state index contributed by atoms with van der Waals surface area (Å²) < 4.78 is 18.3. The van der Waals surface area contributed by atoms with Crippen LogP contribution in [0, 0.1) is 5.82 Å². The third-order valence-corrected chi connectivity index (χ3v) is 4.62. The smallest absolute Gasteiger partial charge is 0.293 e. The molecule has 1 aliphatic heterocycles. The van der Waals surface area contributed by atoms with Crippen molar-refractivity contribution in [2.75, 3.05) is 6.61 Å². The second kappa shape index (κ2) is 7.61. The third kappa shape index (κ3) is 3.88. The number of phenols is 1. The van der Waals surface area contributed by atoms with E-state index >= 15 is 0 Å². The lowest BCUT2D eigenvalue weighted by Crippen LogP contribution is -2.27. The number of nitrogens with zero attached hydrogens (tertiary/aromatic N) is 1. The van der Waals surface area contributed by atoms with Gasteiger partial charge in [-0.15, -0.1) is 0 Å². The minimum atomic E-state index is -0.407. The van der Waals surface area contributed by atoms with E-state index in [0.29, 0.717) is 23.5 Å². The van der Waals surface area contributed by atoms with Gasteiger partial charge < -0.3 is 9.84 Å². The number of amides is 2. The number of benzene rings is 2. The summed E-state index contributed by atoms with van der Waals surface area (Å²) in [5.41, 5.74) is 1.30. The van der Waals surface area contributed by atoms with E-state index in [1.807, 2.05) is 0 Å². The summed E-state index contributed by atoms with van der Waals surface area (Å²) in [6, 6.07) is 10.4. The summed E-state index contributed by atoms with van der Waals surface area (Å²) in [4.78, 5) is 26.1. The zero-order valence-corrected chi connectivity index (χ0v) is 14.8. The van der Waals surface area contributed by atoms with Crippen LogP contribution >= 0.6 is 11.8 Å². The Labute approximate surface area is 154 Å². The van der Waals surface area contributed by atoms with E-state index in [4.69, 9.17) is 4.74 Å². The molecule has 0 spiro atoms. The number of halogens is 1. The van der Waals surface area contributed by atoms with Gasteiger partial charge in [-0.2, -0.15) is 0 Å². The molecule has 2 amide bonds. The topological polar surface area (TPSA) is 66.8 Å². The largest absolute Gasteiger partial charge is 0.504 e. The van der Waals surface area contributed by atoms with Gasteiger partial charge in [-0.1, -0.05) is 18.2 Å². The van der Waals surface area contributed by atoms with Crippen molar-refractivity contribution >= 4 is 29.0 Å². The molecule has 3 rings (SSSR count). The normalized spacial score (nSPS) is 15.8. The van der Waals surface area contributed by atoms with Gasteiger partial charge in [-0.3, -0.25) is 14.5 Å². The van der Waals surface area contributed by atoms with Gasteiger partial charge in [0.2, 0.25) is 0 Å². The zero-order chi connectivity index (χ0) is 18.7. The fourth-order valence-corrected chi connectivity index (χ4v) is 3.29. The van der Waals surface area contributed by atoms with Crippen molar-refractivity contribution in [3.05, 3.63) is 64.3 Å². The minimum Gasteiger partial charge on any atom is -0.504 e. The number of carbonyl (C=O) groups excluding carboxylic acids is 2. The van der Waals surface area contributed by atoms with Crippen LogP contribution < -0.4 is 4.74 Å². The molecule has 0 bridgehead atoms. The standard InChI is InChI=1S/C19H16FNO4S/c1-2-25-16-9-13(5-8-15(16)22)10-17-18(23)21(19(24)26-17)11-12-3-6-14(20)7-4-12/h3-10,22H,2,11H2,1H3/b17-10-. The Morgan fingerprint density at radius 3 is 2.62 bits per heavy atom. The molecule has 5 nitrogen and oxygen atoms in total. The maximum atomic E-state index is 13.0. The first-order chi connectivity index (χ1) is 12.5. The first-order valence-electron chi connectivity index (χ1n) is 7.93. The van der Waals surface area contributed by atoms with Crippen molar-refractivity contribution < 1.29 is 23.8 Å². The number of hydrogen-bond acceptors (Lipinski definition) is 5. The van der Waals surface area contributed by atoms with E-state index in [-0.39, 0.29) is 28.3 Å². The highest BCUT2D eigenvalue weighted by atomic mass is 32.2. The molecule has 134 valence electrons. The van der Waals surface area contributed by atoms with Gasteiger partial charge in [0.15, 0.2) is 11.5 Å². The number of phenolic OH excluding ortho intramolecular Hbond substituents is 1. The van der Waals surface area contributed by atoms with Crippen molar-refractivity contribution in [3.63, 3.8) is 0 Å². The SMILES string of the molecule is CCOc1cc(/C=C2\SC(=O)N(Cc3ccc(F)cc3)C2=O)ccc1O. The molecule has 0 atom stereocenters. The number of rotatable bonds is 5. The lowest BCUT2D eigenvalue weighted by molar-refractivity contribution is -0.123. The highest BCUT2D eigenvalue weighted by molar-refractivity contribution is 8.18. The molecular weight excluding hydrogens is 357 g/mol. The highest BCUT2D eigenvalue weighted by Crippen LogP contribution is 2.35. The summed E-state index contributed by atoms with van der Waals surface area (Å²) in [6.45, 7) is 2.28. The van der Waals surface area contributed by atoms with Crippen molar-refractivity contribution in [1.29, 1.82) is 0 Å². The monoisotopic (exact) mass is 373 g/mol. The van der Waals surface area contributed by atoms with Crippen LogP contribution in [0.4, 0.5) is 9.18 Å². The molecule has 1 aliphatic rings. The number of thioether (sulfide) groups is 1. The van der Waals surface area contributed by atoms with Crippen LogP contribution in [0.2, 0.25) is 0 Å². The number of imide groups is 1. The Hall–Kier alpha value is -2.80. The lowest BCUT2D eigenvalue weighted by atomic mass is 10.1. The van der Waals surface area contributed by atoms with E-state index in [9.17, 15) is 19.1 Å². The van der Waals surface area contributed by atoms with E-state index in [1.54, 1.807) is 25.1 Å². The zero-order valence-electron chi connectivity index (χ0n) is 13.9. The molecule has 0 radical (unpaired) electrons. The summed E-state index contributed by atoms with van der Waals surface area (Å²) in [5, 5.41) is 9.36. The van der Waals surface area contributed by atoms with Crippen molar-refractivity contribution in [2.45, 2.75) is 13.5 Å². The lowest BCUT2D eigenvalue weighted by Gasteiger charge is -2.12. The summed E-state index contributed by atoms with van der Waals surface area (Å²) in [6.07, 6.45) is 1.58. The maximum Gasteiger partial charge on any atom is 0.293 e. The van der Waals surface area contributed by atoms with E-state index in [1.165, 1.54) is 30.3 Å². The number of carbonyl (C=O) groups is 2. The Kier molecular flexibility index (Phi) is 5.27. The Bertz CT molecular complexity index is 880.